The molecule has 3 aromatic rings. The fourth-order valence-electron chi connectivity index (χ4n) is 3.83. The molecule has 1 aliphatic rings. The van der Waals surface area contributed by atoms with Crippen LogP contribution in [0.25, 0.3) is 0 Å². The molecule has 12 heteroatoms. The van der Waals surface area contributed by atoms with Gasteiger partial charge in [0.05, 0.1) is 41.8 Å². The van der Waals surface area contributed by atoms with Crippen molar-refractivity contribution in [2.75, 3.05) is 7.11 Å². The summed E-state index contributed by atoms with van der Waals surface area (Å²) in [7, 11) is -3.37. The second kappa shape index (κ2) is 9.05. The standard InChI is InChI=1S/C22H19ClF3N3O4S/c1-33-21(30)19-10-18-20(28(13-27-18)11-14-5-7-16(23)8-6-14)12-29(19)34(31,32)17-4-2-3-15(9-17)22(24,25)26/h2-9,13,19H,10-12H2,1H3. The lowest BCUT2D eigenvalue weighted by molar-refractivity contribution is -0.145. The van der Waals surface area contributed by atoms with E-state index in [4.69, 9.17) is 16.3 Å². The Hall–Kier alpha value is -2.89. The molecule has 0 aliphatic carbocycles. The Balaban J connectivity index is 1.73. The number of nitrogens with zero attached hydrogens (tertiary/aromatic N) is 3. The average Bonchev–Trinajstić information content (AvgIpc) is 3.20. The van der Waals surface area contributed by atoms with Crippen molar-refractivity contribution in [3.8, 4) is 0 Å². The van der Waals surface area contributed by atoms with Gasteiger partial charge in [0, 0.05) is 18.0 Å². The van der Waals surface area contributed by atoms with Crippen LogP contribution in [0.4, 0.5) is 13.2 Å². The molecular weight excluding hydrogens is 495 g/mol. The summed E-state index contributed by atoms with van der Waals surface area (Å²) >= 11 is 5.93. The number of sulfonamides is 1. The van der Waals surface area contributed by atoms with Gasteiger partial charge in [-0.3, -0.25) is 4.79 Å². The maximum absolute atomic E-state index is 13.4. The van der Waals surface area contributed by atoms with Crippen molar-refractivity contribution in [2.24, 2.45) is 0 Å². The zero-order valence-corrected chi connectivity index (χ0v) is 19.4. The number of ether oxygens (including phenoxy) is 1. The summed E-state index contributed by atoms with van der Waals surface area (Å²) in [6.07, 6.45) is -3.26. The Kier molecular flexibility index (Phi) is 6.45. The molecule has 0 amide bonds. The van der Waals surface area contributed by atoms with Gasteiger partial charge in [-0.2, -0.15) is 17.5 Å². The van der Waals surface area contributed by atoms with Crippen LogP contribution in [-0.4, -0.2) is 41.4 Å². The molecule has 1 aromatic heterocycles. The smallest absolute Gasteiger partial charge is 0.416 e. The van der Waals surface area contributed by atoms with Gasteiger partial charge < -0.3 is 9.30 Å². The molecule has 0 bridgehead atoms. The zero-order valence-electron chi connectivity index (χ0n) is 17.8. The monoisotopic (exact) mass is 513 g/mol. The predicted molar refractivity (Wildman–Crippen MR) is 116 cm³/mol. The third kappa shape index (κ3) is 4.68. The fraction of sp³-hybridized carbons (Fsp3) is 0.273. The number of methoxy groups -OCH3 is 1. The molecule has 4 rings (SSSR count). The number of aromatic nitrogens is 2. The summed E-state index contributed by atoms with van der Waals surface area (Å²) in [5, 5.41) is 0.565. The van der Waals surface area contributed by atoms with Crippen molar-refractivity contribution < 1.29 is 31.1 Å². The molecule has 1 aliphatic heterocycles. The van der Waals surface area contributed by atoms with Gasteiger partial charge in [-0.05, 0) is 35.9 Å². The van der Waals surface area contributed by atoms with E-state index < -0.39 is 38.7 Å². The maximum Gasteiger partial charge on any atom is 0.416 e. The summed E-state index contributed by atoms with van der Waals surface area (Å²) in [5.74, 6) is -0.826. The normalized spacial score (nSPS) is 16.8. The van der Waals surface area contributed by atoms with Crippen molar-refractivity contribution in [2.45, 2.75) is 36.6 Å². The summed E-state index contributed by atoms with van der Waals surface area (Å²) in [6, 6.07) is 9.23. The van der Waals surface area contributed by atoms with Crippen LogP contribution in [0.15, 0.2) is 59.8 Å². The van der Waals surface area contributed by atoms with E-state index in [0.29, 0.717) is 29.0 Å². The van der Waals surface area contributed by atoms with Crippen LogP contribution in [-0.2, 0) is 45.2 Å². The summed E-state index contributed by atoms with van der Waals surface area (Å²) in [6.45, 7) is 0.0983. The first-order valence-electron chi connectivity index (χ1n) is 10.0. The van der Waals surface area contributed by atoms with Crippen LogP contribution in [0.3, 0.4) is 0 Å². The van der Waals surface area contributed by atoms with Crippen molar-refractivity contribution in [1.82, 2.24) is 13.9 Å². The maximum atomic E-state index is 13.4. The number of halogens is 4. The first-order chi connectivity index (χ1) is 16.0. The molecular formula is C22H19ClF3N3O4S. The summed E-state index contributed by atoms with van der Waals surface area (Å²) < 4.78 is 73.9. The van der Waals surface area contributed by atoms with Crippen molar-refractivity contribution in [1.29, 1.82) is 0 Å². The van der Waals surface area contributed by atoms with Gasteiger partial charge in [-0.25, -0.2) is 13.4 Å². The van der Waals surface area contributed by atoms with E-state index in [9.17, 15) is 26.4 Å². The molecule has 1 atom stereocenters. The summed E-state index contributed by atoms with van der Waals surface area (Å²) in [5.41, 5.74) is 0.825. The lowest BCUT2D eigenvalue weighted by Gasteiger charge is -2.33. The highest BCUT2D eigenvalue weighted by Gasteiger charge is 2.43. The number of imidazole rings is 1. The Bertz CT molecular complexity index is 1320. The van der Waals surface area contributed by atoms with Gasteiger partial charge in [0.25, 0.3) is 0 Å². The second-order valence-corrected chi connectivity index (χ2v) is 10.0. The summed E-state index contributed by atoms with van der Waals surface area (Å²) in [4.78, 5) is 16.2. The highest BCUT2D eigenvalue weighted by molar-refractivity contribution is 7.89. The van der Waals surface area contributed by atoms with E-state index in [1.807, 2.05) is 12.1 Å². The van der Waals surface area contributed by atoms with Gasteiger partial charge in [-0.1, -0.05) is 29.8 Å². The topological polar surface area (TPSA) is 81.5 Å². The number of hydrogen-bond acceptors (Lipinski definition) is 5. The second-order valence-electron chi connectivity index (χ2n) is 7.71. The number of esters is 1. The van der Waals surface area contributed by atoms with E-state index in [2.05, 4.69) is 4.98 Å². The number of hydrogen-bond donors (Lipinski definition) is 0. The molecule has 0 saturated heterocycles. The first-order valence-corrected chi connectivity index (χ1v) is 11.9. The highest BCUT2D eigenvalue weighted by Crippen LogP contribution is 2.34. The van der Waals surface area contributed by atoms with Crippen LogP contribution in [0.5, 0.6) is 0 Å². The molecule has 0 saturated carbocycles. The van der Waals surface area contributed by atoms with E-state index in [1.54, 1.807) is 16.7 Å². The lowest BCUT2D eigenvalue weighted by Crippen LogP contribution is -2.49. The Morgan fingerprint density at radius 2 is 1.91 bits per heavy atom. The van der Waals surface area contributed by atoms with Crippen LogP contribution < -0.4 is 0 Å². The minimum Gasteiger partial charge on any atom is -0.468 e. The van der Waals surface area contributed by atoms with Gasteiger partial charge in [0.1, 0.15) is 6.04 Å². The van der Waals surface area contributed by atoms with Crippen molar-refractivity contribution >= 4 is 27.6 Å². The van der Waals surface area contributed by atoms with Crippen molar-refractivity contribution in [3.63, 3.8) is 0 Å². The minimum atomic E-state index is -4.72. The van der Waals surface area contributed by atoms with E-state index in [-0.39, 0.29) is 13.0 Å². The molecule has 0 radical (unpaired) electrons. The Labute approximate surface area is 198 Å². The van der Waals surface area contributed by atoms with Crippen LogP contribution >= 0.6 is 11.6 Å². The molecule has 0 N–H and O–H groups in total. The number of fused-ring (bicyclic) bond motifs is 1. The Morgan fingerprint density at radius 3 is 2.56 bits per heavy atom. The molecule has 7 nitrogen and oxygen atoms in total. The number of benzene rings is 2. The Morgan fingerprint density at radius 1 is 1.21 bits per heavy atom. The molecule has 2 aromatic carbocycles. The fourth-order valence-corrected chi connectivity index (χ4v) is 5.54. The molecule has 0 fully saturated rings. The third-order valence-electron chi connectivity index (χ3n) is 5.58. The van der Waals surface area contributed by atoms with E-state index >= 15 is 0 Å². The van der Waals surface area contributed by atoms with Gasteiger partial charge >= 0.3 is 12.1 Å². The number of carbonyl (C=O) groups is 1. The molecule has 2 heterocycles. The van der Waals surface area contributed by atoms with Gasteiger partial charge in [0.2, 0.25) is 10.0 Å². The van der Waals surface area contributed by atoms with E-state index in [0.717, 1.165) is 35.2 Å². The third-order valence-corrected chi connectivity index (χ3v) is 7.68. The molecule has 180 valence electrons. The average molecular weight is 514 g/mol. The van der Waals surface area contributed by atoms with Crippen LogP contribution in [0, 0.1) is 0 Å². The molecule has 34 heavy (non-hydrogen) atoms. The number of alkyl halides is 3. The predicted octanol–water partition coefficient (Wildman–Crippen LogP) is 3.89. The van der Waals surface area contributed by atoms with Gasteiger partial charge in [-0.15, -0.1) is 0 Å². The number of rotatable bonds is 5. The minimum absolute atomic E-state index is 0.0756. The SMILES string of the molecule is COC(=O)C1Cc2ncn(Cc3ccc(Cl)cc3)c2CN1S(=O)(=O)c1cccc(C(F)(F)F)c1. The van der Waals surface area contributed by atoms with E-state index in [1.165, 1.54) is 6.33 Å². The lowest BCUT2D eigenvalue weighted by atomic mass is 10.1. The number of carbonyl (C=O) groups excluding carboxylic acids is 1. The largest absolute Gasteiger partial charge is 0.468 e. The molecule has 1 unspecified atom stereocenters. The van der Waals surface area contributed by atoms with Gasteiger partial charge in [0.15, 0.2) is 0 Å². The quantitative estimate of drug-likeness (QED) is 0.483. The van der Waals surface area contributed by atoms with Crippen LogP contribution in [0.2, 0.25) is 5.02 Å². The molecule has 0 spiro atoms. The van der Waals surface area contributed by atoms with Crippen LogP contribution in [0.1, 0.15) is 22.5 Å². The first kappa shape index (κ1) is 24.2. The van der Waals surface area contributed by atoms with Crippen molar-refractivity contribution in [3.05, 3.63) is 82.4 Å². The zero-order chi connectivity index (χ0) is 24.7. The highest BCUT2D eigenvalue weighted by atomic mass is 35.5.